The van der Waals surface area contributed by atoms with Gasteiger partial charge >= 0.3 is 0 Å². The van der Waals surface area contributed by atoms with E-state index in [0.717, 1.165) is 4.31 Å². The molecule has 8 heteroatoms. The first-order valence-corrected chi connectivity index (χ1v) is 9.95. The predicted octanol–water partition coefficient (Wildman–Crippen LogP) is 2.19. The number of carbonyl (C=O) groups excluding carboxylic acids is 1. The number of nitrogens with zero attached hydrogens (tertiary/aromatic N) is 1. The van der Waals surface area contributed by atoms with Gasteiger partial charge in [0, 0.05) is 0 Å². The molecular formula is C19H28N2O5S. The molecule has 0 bridgehead atoms. The molecule has 0 aliphatic rings. The molecule has 1 aromatic carbocycles. The Morgan fingerprint density at radius 2 is 1.81 bits per heavy atom. The summed E-state index contributed by atoms with van der Waals surface area (Å²) >= 11 is 0. The van der Waals surface area contributed by atoms with Crippen molar-refractivity contribution in [3.8, 4) is 18.1 Å². The summed E-state index contributed by atoms with van der Waals surface area (Å²) in [6.45, 7) is 8.55. The average molecular weight is 397 g/mol. The molecule has 0 saturated heterocycles. The van der Waals surface area contributed by atoms with Crippen LogP contribution in [-0.4, -0.2) is 43.9 Å². The molecule has 0 aliphatic carbocycles. The summed E-state index contributed by atoms with van der Waals surface area (Å²) in [4.78, 5) is 18.0. The number of sulfonamides is 1. The fraction of sp³-hybridized carbons (Fsp3) is 0.526. The van der Waals surface area contributed by atoms with Crippen molar-refractivity contribution >= 4 is 15.9 Å². The molecule has 0 aliphatic heterocycles. The third kappa shape index (κ3) is 6.24. The monoisotopic (exact) mass is 396 g/mol. The van der Waals surface area contributed by atoms with E-state index in [1.807, 2.05) is 0 Å². The lowest BCUT2D eigenvalue weighted by atomic mass is 10.0. The third-order valence-corrected chi connectivity index (χ3v) is 5.42. The van der Waals surface area contributed by atoms with Gasteiger partial charge in [-0.15, -0.1) is 6.42 Å². The van der Waals surface area contributed by atoms with Crippen LogP contribution in [0.25, 0.3) is 0 Å². The Hall–Kier alpha value is -2.08. The van der Waals surface area contributed by atoms with Crippen LogP contribution < -0.4 is 10.2 Å². The number of terminal acetylenes is 1. The van der Waals surface area contributed by atoms with Crippen molar-refractivity contribution in [2.75, 3.05) is 13.7 Å². The lowest BCUT2D eigenvalue weighted by Gasteiger charge is -2.32. The molecule has 0 fully saturated rings. The van der Waals surface area contributed by atoms with E-state index >= 15 is 0 Å². The van der Waals surface area contributed by atoms with Crippen molar-refractivity contribution < 1.29 is 22.8 Å². The molecule has 1 amide bonds. The molecule has 0 saturated carbocycles. The van der Waals surface area contributed by atoms with Gasteiger partial charge in [0.1, 0.15) is 11.8 Å². The lowest BCUT2D eigenvalue weighted by Crippen LogP contribution is -2.53. The van der Waals surface area contributed by atoms with Crippen molar-refractivity contribution in [2.24, 2.45) is 5.92 Å². The normalized spacial score (nSPS) is 13.3. The largest absolute Gasteiger partial charge is 0.497 e. The Bertz CT molecular complexity index is 774. The van der Waals surface area contributed by atoms with Crippen LogP contribution in [0.1, 0.15) is 34.6 Å². The molecule has 0 unspecified atom stereocenters. The summed E-state index contributed by atoms with van der Waals surface area (Å²) in [5, 5.41) is 0. The number of rotatable bonds is 8. The number of amides is 1. The van der Waals surface area contributed by atoms with E-state index in [1.165, 1.54) is 31.4 Å². The van der Waals surface area contributed by atoms with Gasteiger partial charge < -0.3 is 4.74 Å². The maximum Gasteiger partial charge on any atom is 0.262 e. The zero-order chi connectivity index (χ0) is 20.8. The molecule has 150 valence electrons. The molecule has 27 heavy (non-hydrogen) atoms. The second-order valence-electron chi connectivity index (χ2n) is 7.30. The smallest absolute Gasteiger partial charge is 0.262 e. The maximum absolute atomic E-state index is 13.1. The van der Waals surface area contributed by atoms with Gasteiger partial charge in [-0.25, -0.2) is 13.9 Å². The number of hydrogen-bond acceptors (Lipinski definition) is 5. The van der Waals surface area contributed by atoms with Gasteiger partial charge in [-0.1, -0.05) is 19.8 Å². The van der Waals surface area contributed by atoms with Crippen LogP contribution in [0.15, 0.2) is 29.2 Å². The third-order valence-electron chi connectivity index (χ3n) is 3.58. The highest BCUT2D eigenvalue weighted by molar-refractivity contribution is 7.89. The van der Waals surface area contributed by atoms with Crippen molar-refractivity contribution in [1.29, 1.82) is 0 Å². The summed E-state index contributed by atoms with van der Waals surface area (Å²) in [6, 6.07) is 4.87. The number of nitrogens with one attached hydrogen (secondary N) is 1. The molecule has 1 atom stereocenters. The van der Waals surface area contributed by atoms with Crippen molar-refractivity contribution in [3.63, 3.8) is 0 Å². The summed E-state index contributed by atoms with van der Waals surface area (Å²) in [5.41, 5.74) is 1.73. The molecule has 0 heterocycles. The fourth-order valence-corrected chi connectivity index (χ4v) is 3.97. The Balaban J connectivity index is 3.27. The zero-order valence-corrected chi connectivity index (χ0v) is 17.5. The minimum absolute atomic E-state index is 0.0220. The van der Waals surface area contributed by atoms with E-state index in [2.05, 4.69) is 11.4 Å². The van der Waals surface area contributed by atoms with Gasteiger partial charge in [-0.2, -0.15) is 4.31 Å². The molecule has 1 aromatic rings. The molecular weight excluding hydrogens is 368 g/mol. The average Bonchev–Trinajstić information content (AvgIpc) is 2.58. The first-order chi connectivity index (χ1) is 12.4. The first kappa shape index (κ1) is 23.0. The van der Waals surface area contributed by atoms with E-state index in [9.17, 15) is 13.2 Å². The lowest BCUT2D eigenvalue weighted by molar-refractivity contribution is -0.150. The summed E-state index contributed by atoms with van der Waals surface area (Å²) in [5.74, 6) is 1.94. The van der Waals surface area contributed by atoms with Gasteiger partial charge in [0.05, 0.1) is 24.2 Å². The van der Waals surface area contributed by atoms with Crippen LogP contribution in [0.4, 0.5) is 0 Å². The van der Waals surface area contributed by atoms with Crippen LogP contribution in [0.3, 0.4) is 0 Å². The number of hydrogen-bond donors (Lipinski definition) is 1. The van der Waals surface area contributed by atoms with Gasteiger partial charge in [0.2, 0.25) is 10.0 Å². The van der Waals surface area contributed by atoms with E-state index in [0.29, 0.717) is 5.75 Å². The molecule has 1 N–H and O–H groups in total. The molecule has 0 radical (unpaired) electrons. The van der Waals surface area contributed by atoms with Crippen LogP contribution in [0.2, 0.25) is 0 Å². The van der Waals surface area contributed by atoms with E-state index < -0.39 is 27.6 Å². The van der Waals surface area contributed by atoms with Gasteiger partial charge in [0.15, 0.2) is 0 Å². The minimum Gasteiger partial charge on any atom is -0.497 e. The second kappa shape index (κ2) is 9.22. The molecule has 7 nitrogen and oxygen atoms in total. The van der Waals surface area contributed by atoms with Crippen LogP contribution in [-0.2, 0) is 19.7 Å². The van der Waals surface area contributed by atoms with E-state index in [-0.39, 0.29) is 17.4 Å². The highest BCUT2D eigenvalue weighted by Gasteiger charge is 2.38. The van der Waals surface area contributed by atoms with Gasteiger partial charge in [0.25, 0.3) is 5.91 Å². The number of hydroxylamine groups is 1. The maximum atomic E-state index is 13.1. The topological polar surface area (TPSA) is 84.9 Å². The number of carbonyl (C=O) groups is 1. The number of benzene rings is 1. The Morgan fingerprint density at radius 1 is 1.26 bits per heavy atom. The van der Waals surface area contributed by atoms with Crippen LogP contribution in [0, 0.1) is 18.3 Å². The summed E-state index contributed by atoms with van der Waals surface area (Å²) in [6.07, 6.45) is 5.39. The fourth-order valence-electron chi connectivity index (χ4n) is 2.34. The van der Waals surface area contributed by atoms with Gasteiger partial charge in [-0.05, 0) is 51.0 Å². The SMILES string of the molecule is C#CCN([C@@H](C(=O)NOC(C)(C)C)C(C)C)S(=O)(=O)c1ccc(OC)cc1. The van der Waals surface area contributed by atoms with E-state index in [4.69, 9.17) is 16.0 Å². The zero-order valence-electron chi connectivity index (χ0n) is 16.6. The van der Waals surface area contributed by atoms with Crippen LogP contribution >= 0.6 is 0 Å². The highest BCUT2D eigenvalue weighted by atomic mass is 32.2. The quantitative estimate of drug-likeness (QED) is 0.538. The summed E-state index contributed by atoms with van der Waals surface area (Å²) in [7, 11) is -2.52. The van der Waals surface area contributed by atoms with Gasteiger partial charge in [-0.3, -0.25) is 9.63 Å². The molecule has 1 rings (SSSR count). The second-order valence-corrected chi connectivity index (χ2v) is 9.19. The minimum atomic E-state index is -4.01. The summed E-state index contributed by atoms with van der Waals surface area (Å²) < 4.78 is 32.4. The number of methoxy groups -OCH3 is 1. The predicted molar refractivity (Wildman–Crippen MR) is 103 cm³/mol. The Kier molecular flexibility index (Phi) is 7.84. The first-order valence-electron chi connectivity index (χ1n) is 8.51. The van der Waals surface area contributed by atoms with Crippen molar-refractivity contribution in [1.82, 2.24) is 9.79 Å². The van der Waals surface area contributed by atoms with Crippen LogP contribution in [0.5, 0.6) is 5.75 Å². The standard InChI is InChI=1S/C19H28N2O5S/c1-8-13-21(17(14(2)3)18(22)20-26-19(4,5)6)27(23,24)16-11-9-15(25-7)10-12-16/h1,9-12,14,17H,13H2,2-7H3,(H,20,22)/t17-/m1/s1. The van der Waals surface area contributed by atoms with Crippen molar-refractivity contribution in [2.45, 2.75) is 51.2 Å². The van der Waals surface area contributed by atoms with Crippen molar-refractivity contribution in [3.05, 3.63) is 24.3 Å². The molecule has 0 aromatic heterocycles. The molecule has 0 spiro atoms. The highest BCUT2D eigenvalue weighted by Crippen LogP contribution is 2.24. The van der Waals surface area contributed by atoms with E-state index in [1.54, 1.807) is 34.6 Å². The Morgan fingerprint density at radius 3 is 2.22 bits per heavy atom. The number of ether oxygens (including phenoxy) is 1. The Labute approximate surface area is 162 Å².